The van der Waals surface area contributed by atoms with Crippen LogP contribution >= 0.6 is 0 Å². The lowest BCUT2D eigenvalue weighted by molar-refractivity contribution is -0.140. The van der Waals surface area contributed by atoms with Crippen LogP contribution in [0, 0.1) is 5.82 Å². The van der Waals surface area contributed by atoms with Gasteiger partial charge in [-0.1, -0.05) is 13.0 Å². The third-order valence-corrected chi connectivity index (χ3v) is 2.85. The normalized spacial score (nSPS) is 13.1. The Labute approximate surface area is 113 Å². The molecule has 1 aromatic carbocycles. The molecule has 1 unspecified atom stereocenters. The molecule has 0 aliphatic carbocycles. The van der Waals surface area contributed by atoms with Crippen molar-refractivity contribution in [2.75, 3.05) is 6.61 Å². The van der Waals surface area contributed by atoms with Gasteiger partial charge in [0.25, 0.3) is 5.91 Å². The van der Waals surface area contributed by atoms with Gasteiger partial charge in [0.15, 0.2) is 0 Å². The van der Waals surface area contributed by atoms with Crippen LogP contribution in [0.5, 0.6) is 0 Å². The van der Waals surface area contributed by atoms with E-state index < -0.39 is 35.1 Å². The van der Waals surface area contributed by atoms with Crippen LogP contribution in [0.3, 0.4) is 0 Å². The Morgan fingerprint density at radius 3 is 2.55 bits per heavy atom. The molecule has 0 bridgehead atoms. The van der Waals surface area contributed by atoms with Crippen molar-refractivity contribution in [2.24, 2.45) is 0 Å². The van der Waals surface area contributed by atoms with Crippen LogP contribution in [-0.2, 0) is 6.18 Å². The Kier molecular flexibility index (Phi) is 5.50. The molecule has 1 rings (SSSR count). The smallest absolute Gasteiger partial charge is 0.396 e. The lowest BCUT2D eigenvalue weighted by atomic mass is 10.1. The van der Waals surface area contributed by atoms with Crippen molar-refractivity contribution in [3.05, 3.63) is 35.1 Å². The van der Waals surface area contributed by atoms with Gasteiger partial charge < -0.3 is 10.4 Å². The van der Waals surface area contributed by atoms with E-state index in [1.807, 2.05) is 0 Å². The number of rotatable bonds is 5. The van der Waals surface area contributed by atoms with E-state index in [0.29, 0.717) is 12.5 Å². The van der Waals surface area contributed by atoms with Crippen molar-refractivity contribution in [1.82, 2.24) is 5.32 Å². The molecule has 1 aromatic rings. The quantitative estimate of drug-likeness (QED) is 0.820. The number of alkyl halides is 3. The first-order valence-corrected chi connectivity index (χ1v) is 6.08. The van der Waals surface area contributed by atoms with Gasteiger partial charge in [-0.15, -0.1) is 0 Å². The lowest BCUT2D eigenvalue weighted by Crippen LogP contribution is -2.35. The fourth-order valence-corrected chi connectivity index (χ4v) is 1.72. The summed E-state index contributed by atoms with van der Waals surface area (Å²) >= 11 is 0. The molecule has 0 radical (unpaired) electrons. The van der Waals surface area contributed by atoms with Gasteiger partial charge >= 0.3 is 6.18 Å². The van der Waals surface area contributed by atoms with E-state index in [1.54, 1.807) is 6.92 Å². The maximum atomic E-state index is 13.7. The van der Waals surface area contributed by atoms with Crippen LogP contribution < -0.4 is 5.32 Å². The molecule has 0 aromatic heterocycles. The van der Waals surface area contributed by atoms with Crippen molar-refractivity contribution >= 4 is 5.91 Å². The van der Waals surface area contributed by atoms with Gasteiger partial charge in [-0.2, -0.15) is 13.2 Å². The number of aliphatic hydroxyl groups is 1. The second-order valence-corrected chi connectivity index (χ2v) is 4.26. The topological polar surface area (TPSA) is 49.3 Å². The molecule has 1 atom stereocenters. The van der Waals surface area contributed by atoms with Gasteiger partial charge in [0.05, 0.1) is 11.1 Å². The molecule has 0 aliphatic heterocycles. The summed E-state index contributed by atoms with van der Waals surface area (Å²) in [4.78, 5) is 11.8. The summed E-state index contributed by atoms with van der Waals surface area (Å²) in [5.74, 6) is -2.51. The number of hydrogen-bond acceptors (Lipinski definition) is 2. The van der Waals surface area contributed by atoms with Crippen LogP contribution in [0.25, 0.3) is 0 Å². The standard InChI is InChI=1S/C13H15F4NO2/c1-2-8(6-7-19)18-12(20)9-4-3-5-10(11(9)14)13(15,16)17/h3-5,8,19H,2,6-7H2,1H3,(H,18,20). The van der Waals surface area contributed by atoms with Gasteiger partial charge in [0.2, 0.25) is 0 Å². The van der Waals surface area contributed by atoms with E-state index in [2.05, 4.69) is 5.32 Å². The highest BCUT2D eigenvalue weighted by Gasteiger charge is 2.35. The van der Waals surface area contributed by atoms with Crippen molar-refractivity contribution in [3.63, 3.8) is 0 Å². The van der Waals surface area contributed by atoms with E-state index in [1.165, 1.54) is 0 Å². The third-order valence-electron chi connectivity index (χ3n) is 2.85. The first kappa shape index (κ1) is 16.4. The number of hydrogen-bond donors (Lipinski definition) is 2. The molecule has 0 saturated heterocycles. The minimum Gasteiger partial charge on any atom is -0.396 e. The van der Waals surface area contributed by atoms with Gasteiger partial charge in [-0.05, 0) is 25.0 Å². The highest BCUT2D eigenvalue weighted by molar-refractivity contribution is 5.94. The summed E-state index contributed by atoms with van der Waals surface area (Å²) < 4.78 is 51.3. The molecule has 1 amide bonds. The molecule has 0 spiro atoms. The SMILES string of the molecule is CCC(CCO)NC(=O)c1cccc(C(F)(F)F)c1F. The Bertz CT molecular complexity index is 474. The summed E-state index contributed by atoms with van der Waals surface area (Å²) in [6, 6.07) is 2.14. The Hall–Kier alpha value is -1.63. The lowest BCUT2D eigenvalue weighted by Gasteiger charge is -2.17. The predicted molar refractivity (Wildman–Crippen MR) is 64.7 cm³/mol. The molecule has 7 heteroatoms. The first-order valence-electron chi connectivity index (χ1n) is 6.08. The van der Waals surface area contributed by atoms with E-state index in [-0.39, 0.29) is 13.0 Å². The number of benzene rings is 1. The van der Waals surface area contributed by atoms with Crippen molar-refractivity contribution in [2.45, 2.75) is 32.0 Å². The highest BCUT2D eigenvalue weighted by Crippen LogP contribution is 2.32. The number of aliphatic hydroxyl groups excluding tert-OH is 1. The van der Waals surface area contributed by atoms with Crippen LogP contribution in [0.2, 0.25) is 0 Å². The average molecular weight is 293 g/mol. The number of amides is 1. The Morgan fingerprint density at radius 1 is 1.40 bits per heavy atom. The average Bonchev–Trinajstić information content (AvgIpc) is 2.36. The minimum absolute atomic E-state index is 0.177. The van der Waals surface area contributed by atoms with Crippen molar-refractivity contribution in [1.29, 1.82) is 0 Å². The van der Waals surface area contributed by atoms with Crippen LogP contribution in [-0.4, -0.2) is 23.7 Å². The molecule has 20 heavy (non-hydrogen) atoms. The number of nitrogens with one attached hydrogen (secondary N) is 1. The van der Waals surface area contributed by atoms with Crippen molar-refractivity contribution in [3.8, 4) is 0 Å². The number of carbonyl (C=O) groups excluding carboxylic acids is 1. The summed E-state index contributed by atoms with van der Waals surface area (Å²) in [6.07, 6.45) is -4.12. The number of carbonyl (C=O) groups is 1. The van der Waals surface area contributed by atoms with Crippen molar-refractivity contribution < 1.29 is 27.5 Å². The molecule has 0 saturated carbocycles. The van der Waals surface area contributed by atoms with Gasteiger partial charge in [0, 0.05) is 12.6 Å². The molecular formula is C13H15F4NO2. The summed E-state index contributed by atoms with van der Waals surface area (Å²) in [6.45, 7) is 1.56. The predicted octanol–water partition coefficient (Wildman–Crippen LogP) is 2.74. The van der Waals surface area contributed by atoms with E-state index >= 15 is 0 Å². The fraction of sp³-hybridized carbons (Fsp3) is 0.462. The van der Waals surface area contributed by atoms with Crippen LogP contribution in [0.15, 0.2) is 18.2 Å². The summed E-state index contributed by atoms with van der Waals surface area (Å²) in [5, 5.41) is 11.2. The fourth-order valence-electron chi connectivity index (χ4n) is 1.72. The van der Waals surface area contributed by atoms with Crippen LogP contribution in [0.1, 0.15) is 35.7 Å². The molecule has 2 N–H and O–H groups in total. The minimum atomic E-state index is -4.85. The second-order valence-electron chi connectivity index (χ2n) is 4.26. The molecular weight excluding hydrogens is 278 g/mol. The Balaban J connectivity index is 3.00. The summed E-state index contributed by atoms with van der Waals surface area (Å²) in [5.41, 5.74) is -2.13. The largest absolute Gasteiger partial charge is 0.419 e. The summed E-state index contributed by atoms with van der Waals surface area (Å²) in [7, 11) is 0. The molecule has 0 aliphatic rings. The van der Waals surface area contributed by atoms with E-state index in [9.17, 15) is 22.4 Å². The maximum Gasteiger partial charge on any atom is 0.419 e. The van der Waals surface area contributed by atoms with Crippen LogP contribution in [0.4, 0.5) is 17.6 Å². The van der Waals surface area contributed by atoms with E-state index in [4.69, 9.17) is 5.11 Å². The molecule has 0 fully saturated rings. The molecule has 0 heterocycles. The number of halogens is 4. The van der Waals surface area contributed by atoms with Gasteiger partial charge in [-0.3, -0.25) is 4.79 Å². The third kappa shape index (κ3) is 3.93. The molecule has 112 valence electrons. The second kappa shape index (κ2) is 6.69. The van der Waals surface area contributed by atoms with Gasteiger partial charge in [0.1, 0.15) is 5.82 Å². The maximum absolute atomic E-state index is 13.7. The monoisotopic (exact) mass is 293 g/mol. The first-order chi connectivity index (χ1) is 9.31. The highest BCUT2D eigenvalue weighted by atomic mass is 19.4. The van der Waals surface area contributed by atoms with Gasteiger partial charge in [-0.25, -0.2) is 4.39 Å². The Morgan fingerprint density at radius 2 is 2.05 bits per heavy atom. The molecule has 3 nitrogen and oxygen atoms in total. The zero-order valence-electron chi connectivity index (χ0n) is 10.8. The zero-order valence-corrected chi connectivity index (χ0v) is 10.8. The van der Waals surface area contributed by atoms with E-state index in [0.717, 1.165) is 12.1 Å². The zero-order chi connectivity index (χ0) is 15.3.